The SMILES string of the molecule is COc1cc(CC(=O)N2CCC(C(=O)N3CC(C)OC(C)C3)CC2)ccc1C. The topological polar surface area (TPSA) is 59.1 Å². The number of hydrogen-bond acceptors (Lipinski definition) is 4. The van der Waals surface area contributed by atoms with E-state index in [9.17, 15) is 9.59 Å². The van der Waals surface area contributed by atoms with E-state index in [2.05, 4.69) is 0 Å². The lowest BCUT2D eigenvalue weighted by molar-refractivity contribution is -0.150. The standard InChI is InChI=1S/C22H32N2O4/c1-15-5-6-18(11-20(15)27-4)12-21(25)23-9-7-19(8-10-23)22(26)24-13-16(2)28-17(3)14-24/h5-6,11,16-17,19H,7-10,12-14H2,1-4H3. The van der Waals surface area contributed by atoms with Gasteiger partial charge in [0.2, 0.25) is 11.8 Å². The molecule has 2 saturated heterocycles. The van der Waals surface area contributed by atoms with Crippen LogP contribution in [0.4, 0.5) is 0 Å². The Labute approximate surface area is 167 Å². The van der Waals surface area contributed by atoms with E-state index >= 15 is 0 Å². The van der Waals surface area contributed by atoms with Crippen LogP contribution in [-0.2, 0) is 20.7 Å². The Bertz CT molecular complexity index is 702. The summed E-state index contributed by atoms with van der Waals surface area (Å²) in [4.78, 5) is 29.4. The molecule has 2 fully saturated rings. The number of benzene rings is 1. The molecule has 2 heterocycles. The molecule has 1 aromatic rings. The number of ether oxygens (including phenoxy) is 2. The van der Waals surface area contributed by atoms with Gasteiger partial charge in [-0.05, 0) is 50.8 Å². The summed E-state index contributed by atoms with van der Waals surface area (Å²) in [6, 6.07) is 5.90. The monoisotopic (exact) mass is 388 g/mol. The molecular formula is C22H32N2O4. The average molecular weight is 389 g/mol. The van der Waals surface area contributed by atoms with Gasteiger partial charge < -0.3 is 19.3 Å². The number of aryl methyl sites for hydroxylation is 1. The smallest absolute Gasteiger partial charge is 0.226 e. The predicted molar refractivity (Wildman–Crippen MR) is 107 cm³/mol. The van der Waals surface area contributed by atoms with Crippen molar-refractivity contribution in [1.29, 1.82) is 0 Å². The molecule has 2 amide bonds. The Morgan fingerprint density at radius 3 is 2.36 bits per heavy atom. The van der Waals surface area contributed by atoms with Gasteiger partial charge in [-0.2, -0.15) is 0 Å². The lowest BCUT2D eigenvalue weighted by atomic mass is 9.94. The summed E-state index contributed by atoms with van der Waals surface area (Å²) >= 11 is 0. The van der Waals surface area contributed by atoms with E-state index in [1.165, 1.54) is 0 Å². The van der Waals surface area contributed by atoms with Gasteiger partial charge in [-0.15, -0.1) is 0 Å². The van der Waals surface area contributed by atoms with Gasteiger partial charge in [0.1, 0.15) is 5.75 Å². The van der Waals surface area contributed by atoms with Crippen molar-refractivity contribution in [2.45, 2.75) is 52.2 Å². The van der Waals surface area contributed by atoms with Crippen molar-refractivity contribution in [3.63, 3.8) is 0 Å². The van der Waals surface area contributed by atoms with E-state index in [1.807, 2.05) is 48.8 Å². The third-order valence-corrected chi connectivity index (χ3v) is 5.76. The minimum absolute atomic E-state index is 0.0148. The first-order valence-corrected chi connectivity index (χ1v) is 10.2. The van der Waals surface area contributed by atoms with Crippen LogP contribution in [0.3, 0.4) is 0 Å². The zero-order chi connectivity index (χ0) is 20.3. The summed E-state index contributed by atoms with van der Waals surface area (Å²) < 4.78 is 11.1. The highest BCUT2D eigenvalue weighted by Gasteiger charge is 2.33. The molecule has 1 aromatic carbocycles. The lowest BCUT2D eigenvalue weighted by Crippen LogP contribution is -2.51. The summed E-state index contributed by atoms with van der Waals surface area (Å²) in [5.41, 5.74) is 2.02. The van der Waals surface area contributed by atoms with Crippen molar-refractivity contribution in [3.05, 3.63) is 29.3 Å². The Balaban J connectivity index is 1.52. The van der Waals surface area contributed by atoms with Crippen LogP contribution in [0.25, 0.3) is 0 Å². The van der Waals surface area contributed by atoms with Gasteiger partial charge in [0.15, 0.2) is 0 Å². The maximum Gasteiger partial charge on any atom is 0.226 e. The maximum absolute atomic E-state index is 12.9. The Morgan fingerprint density at radius 2 is 1.75 bits per heavy atom. The van der Waals surface area contributed by atoms with Crippen molar-refractivity contribution in [2.75, 3.05) is 33.3 Å². The van der Waals surface area contributed by atoms with Gasteiger partial charge in [0.25, 0.3) is 0 Å². The maximum atomic E-state index is 12.9. The molecule has 0 aromatic heterocycles. The average Bonchev–Trinajstić information content (AvgIpc) is 2.68. The fraction of sp³-hybridized carbons (Fsp3) is 0.636. The minimum Gasteiger partial charge on any atom is -0.496 e. The fourth-order valence-electron chi connectivity index (χ4n) is 4.25. The second kappa shape index (κ2) is 8.95. The molecule has 0 N–H and O–H groups in total. The first-order valence-electron chi connectivity index (χ1n) is 10.2. The van der Waals surface area contributed by atoms with E-state index < -0.39 is 0 Å². The first-order chi connectivity index (χ1) is 13.4. The van der Waals surface area contributed by atoms with E-state index in [0.717, 1.165) is 29.7 Å². The number of hydrogen-bond donors (Lipinski definition) is 0. The number of rotatable bonds is 4. The molecule has 0 aliphatic carbocycles. The Hall–Kier alpha value is -2.08. The molecule has 2 unspecified atom stereocenters. The molecule has 2 aliphatic rings. The summed E-state index contributed by atoms with van der Waals surface area (Å²) in [5, 5.41) is 0. The van der Waals surface area contributed by atoms with Crippen LogP contribution >= 0.6 is 0 Å². The number of amides is 2. The van der Waals surface area contributed by atoms with Gasteiger partial charge in [0, 0.05) is 32.1 Å². The molecule has 2 atom stereocenters. The normalized spacial score (nSPS) is 23.6. The van der Waals surface area contributed by atoms with E-state index in [0.29, 0.717) is 32.6 Å². The van der Waals surface area contributed by atoms with E-state index in [1.54, 1.807) is 7.11 Å². The number of carbonyl (C=O) groups is 2. The largest absolute Gasteiger partial charge is 0.496 e. The van der Waals surface area contributed by atoms with Crippen molar-refractivity contribution in [1.82, 2.24) is 9.80 Å². The van der Waals surface area contributed by atoms with Gasteiger partial charge in [0.05, 0.1) is 25.7 Å². The molecule has 0 bridgehead atoms. The summed E-state index contributed by atoms with van der Waals surface area (Å²) in [6.45, 7) is 8.63. The molecule has 6 nitrogen and oxygen atoms in total. The van der Waals surface area contributed by atoms with Gasteiger partial charge in [-0.1, -0.05) is 12.1 Å². The number of morpholine rings is 1. The van der Waals surface area contributed by atoms with Crippen LogP contribution in [0.1, 0.15) is 37.8 Å². The fourth-order valence-corrected chi connectivity index (χ4v) is 4.25. The predicted octanol–water partition coefficient (Wildman–Crippen LogP) is 2.42. The van der Waals surface area contributed by atoms with Crippen LogP contribution in [-0.4, -0.2) is 67.1 Å². The molecule has 0 radical (unpaired) electrons. The summed E-state index contributed by atoms with van der Waals surface area (Å²) in [5.74, 6) is 1.16. The quantitative estimate of drug-likeness (QED) is 0.795. The van der Waals surface area contributed by atoms with Gasteiger partial charge >= 0.3 is 0 Å². The molecule has 3 rings (SSSR count). The summed E-state index contributed by atoms with van der Waals surface area (Å²) in [6.07, 6.45) is 2.01. The summed E-state index contributed by atoms with van der Waals surface area (Å²) in [7, 11) is 1.64. The number of carbonyl (C=O) groups excluding carboxylic acids is 2. The van der Waals surface area contributed by atoms with Crippen molar-refractivity contribution < 1.29 is 19.1 Å². The van der Waals surface area contributed by atoms with Gasteiger partial charge in [-0.25, -0.2) is 0 Å². The van der Waals surface area contributed by atoms with Gasteiger partial charge in [-0.3, -0.25) is 9.59 Å². The van der Waals surface area contributed by atoms with Crippen LogP contribution in [0.15, 0.2) is 18.2 Å². The van der Waals surface area contributed by atoms with Crippen molar-refractivity contribution in [3.8, 4) is 5.75 Å². The second-order valence-corrected chi connectivity index (χ2v) is 8.14. The van der Waals surface area contributed by atoms with Crippen molar-refractivity contribution in [2.24, 2.45) is 5.92 Å². The van der Waals surface area contributed by atoms with Crippen LogP contribution in [0.2, 0.25) is 0 Å². The second-order valence-electron chi connectivity index (χ2n) is 8.14. The van der Waals surface area contributed by atoms with Crippen LogP contribution in [0, 0.1) is 12.8 Å². The third-order valence-electron chi connectivity index (χ3n) is 5.76. The van der Waals surface area contributed by atoms with Crippen molar-refractivity contribution >= 4 is 11.8 Å². The highest BCUT2D eigenvalue weighted by atomic mass is 16.5. The van der Waals surface area contributed by atoms with E-state index in [-0.39, 0.29) is 29.9 Å². The highest BCUT2D eigenvalue weighted by molar-refractivity contribution is 5.81. The zero-order valence-corrected chi connectivity index (χ0v) is 17.4. The molecule has 28 heavy (non-hydrogen) atoms. The zero-order valence-electron chi connectivity index (χ0n) is 17.4. The minimum atomic E-state index is 0.0148. The first kappa shape index (κ1) is 20.6. The van der Waals surface area contributed by atoms with E-state index in [4.69, 9.17) is 9.47 Å². The number of likely N-dealkylation sites (tertiary alicyclic amines) is 1. The molecule has 0 spiro atoms. The lowest BCUT2D eigenvalue weighted by Gasteiger charge is -2.39. The number of piperidine rings is 1. The molecule has 154 valence electrons. The molecular weight excluding hydrogens is 356 g/mol. The number of nitrogens with zero attached hydrogens (tertiary/aromatic N) is 2. The number of methoxy groups -OCH3 is 1. The third kappa shape index (κ3) is 4.85. The highest BCUT2D eigenvalue weighted by Crippen LogP contribution is 2.24. The van der Waals surface area contributed by atoms with Crippen LogP contribution < -0.4 is 4.74 Å². The Morgan fingerprint density at radius 1 is 1.11 bits per heavy atom. The Kier molecular flexibility index (Phi) is 6.60. The molecule has 2 aliphatic heterocycles. The molecule has 0 saturated carbocycles. The van der Waals surface area contributed by atoms with Crippen LogP contribution in [0.5, 0.6) is 5.75 Å². The molecule has 6 heteroatoms.